The minimum atomic E-state index is 0.586. The van der Waals surface area contributed by atoms with Crippen molar-refractivity contribution in [3.8, 4) is 0 Å². The molecule has 0 bridgehead atoms. The van der Waals surface area contributed by atoms with Gasteiger partial charge in [0.1, 0.15) is 0 Å². The van der Waals surface area contributed by atoms with E-state index in [4.69, 9.17) is 11.6 Å². The van der Waals surface area contributed by atoms with E-state index in [0.29, 0.717) is 17.1 Å². The van der Waals surface area contributed by atoms with E-state index >= 15 is 0 Å². The van der Waals surface area contributed by atoms with Crippen molar-refractivity contribution < 1.29 is 0 Å². The van der Waals surface area contributed by atoms with Gasteiger partial charge in [-0.2, -0.15) is 0 Å². The molecular weight excluding hydrogens is 274 g/mol. The van der Waals surface area contributed by atoms with Crippen LogP contribution in [0.4, 0.5) is 0 Å². The molecule has 1 unspecified atom stereocenters. The summed E-state index contributed by atoms with van der Waals surface area (Å²) in [5.41, 5.74) is 1.26. The van der Waals surface area contributed by atoms with Crippen LogP contribution in [0.5, 0.6) is 0 Å². The molecule has 1 rings (SSSR count). The molecule has 0 spiro atoms. The normalized spacial score (nSPS) is 13.3. The SMILES string of the molecule is CC(C)CNCc1ccc(SC(C)C(C)C)c(Cl)c1. The highest BCUT2D eigenvalue weighted by atomic mass is 35.5. The van der Waals surface area contributed by atoms with Crippen molar-refractivity contribution in [1.82, 2.24) is 5.32 Å². The maximum Gasteiger partial charge on any atom is 0.0545 e. The molecule has 1 aromatic carbocycles. The lowest BCUT2D eigenvalue weighted by atomic mass is 10.2. The molecule has 0 aliphatic carbocycles. The molecule has 3 heteroatoms. The van der Waals surface area contributed by atoms with Crippen LogP contribution in [0.15, 0.2) is 23.1 Å². The zero-order valence-corrected chi connectivity index (χ0v) is 14.2. The molecule has 1 aromatic rings. The largest absolute Gasteiger partial charge is 0.312 e. The van der Waals surface area contributed by atoms with Crippen LogP contribution in [-0.2, 0) is 6.54 Å². The van der Waals surface area contributed by atoms with E-state index in [-0.39, 0.29) is 0 Å². The molecule has 0 amide bonds. The topological polar surface area (TPSA) is 12.0 Å². The minimum absolute atomic E-state index is 0.586. The molecule has 108 valence electrons. The van der Waals surface area contributed by atoms with Crippen LogP contribution < -0.4 is 5.32 Å². The molecule has 1 N–H and O–H groups in total. The van der Waals surface area contributed by atoms with Crippen LogP contribution in [-0.4, -0.2) is 11.8 Å². The van der Waals surface area contributed by atoms with Gasteiger partial charge in [0.25, 0.3) is 0 Å². The van der Waals surface area contributed by atoms with Gasteiger partial charge in [-0.1, -0.05) is 52.3 Å². The van der Waals surface area contributed by atoms with E-state index in [2.05, 4.69) is 58.1 Å². The molecule has 19 heavy (non-hydrogen) atoms. The van der Waals surface area contributed by atoms with Gasteiger partial charge in [0.15, 0.2) is 0 Å². The molecule has 0 aliphatic heterocycles. The fourth-order valence-electron chi connectivity index (χ4n) is 1.59. The standard InChI is InChI=1S/C16H26ClNS/c1-11(2)9-18-10-14-6-7-16(15(17)8-14)19-13(5)12(3)4/h6-8,11-13,18H,9-10H2,1-5H3. The lowest BCUT2D eigenvalue weighted by Gasteiger charge is -2.16. The predicted octanol–water partition coefficient (Wildman–Crippen LogP) is 5.22. The zero-order chi connectivity index (χ0) is 14.4. The van der Waals surface area contributed by atoms with Crippen molar-refractivity contribution in [3.63, 3.8) is 0 Å². The van der Waals surface area contributed by atoms with E-state index in [1.54, 1.807) is 0 Å². The number of halogens is 1. The second kappa shape index (κ2) is 8.18. The second-order valence-electron chi connectivity index (χ2n) is 5.86. The Morgan fingerprint density at radius 3 is 2.37 bits per heavy atom. The van der Waals surface area contributed by atoms with E-state index < -0.39 is 0 Å². The summed E-state index contributed by atoms with van der Waals surface area (Å²) in [5.74, 6) is 1.34. The number of thioether (sulfide) groups is 1. The number of hydrogen-bond donors (Lipinski definition) is 1. The van der Waals surface area contributed by atoms with Crippen LogP contribution in [0, 0.1) is 11.8 Å². The van der Waals surface area contributed by atoms with Crippen molar-refractivity contribution in [3.05, 3.63) is 28.8 Å². The number of rotatable bonds is 7. The third-order valence-corrected chi connectivity index (χ3v) is 5.08. The average Bonchev–Trinajstić information content (AvgIpc) is 2.31. The molecule has 0 aliphatic rings. The summed E-state index contributed by atoms with van der Waals surface area (Å²) in [4.78, 5) is 1.19. The fraction of sp³-hybridized carbons (Fsp3) is 0.625. The van der Waals surface area contributed by atoms with E-state index in [1.807, 2.05) is 11.8 Å². The molecule has 1 nitrogen and oxygen atoms in total. The summed E-state index contributed by atoms with van der Waals surface area (Å²) in [7, 11) is 0. The maximum absolute atomic E-state index is 6.37. The molecule has 0 saturated carbocycles. The Balaban J connectivity index is 2.59. The lowest BCUT2D eigenvalue weighted by molar-refractivity contribution is 0.552. The van der Waals surface area contributed by atoms with Gasteiger partial charge >= 0.3 is 0 Å². The van der Waals surface area contributed by atoms with Crippen LogP contribution >= 0.6 is 23.4 Å². The fourth-order valence-corrected chi connectivity index (χ4v) is 2.92. The molecule has 0 radical (unpaired) electrons. The molecule has 0 fully saturated rings. The quantitative estimate of drug-likeness (QED) is 0.693. The summed E-state index contributed by atoms with van der Waals surface area (Å²) >= 11 is 8.23. The molecule has 1 atom stereocenters. The molecule has 0 saturated heterocycles. The number of nitrogens with one attached hydrogen (secondary N) is 1. The van der Waals surface area contributed by atoms with Gasteiger partial charge in [-0.05, 0) is 36.1 Å². The lowest BCUT2D eigenvalue weighted by Crippen LogP contribution is -2.18. The molecular formula is C16H26ClNS. The first-order chi connectivity index (χ1) is 8.90. The van der Waals surface area contributed by atoms with E-state index in [1.165, 1.54) is 10.5 Å². The van der Waals surface area contributed by atoms with E-state index in [0.717, 1.165) is 18.1 Å². The maximum atomic E-state index is 6.37. The third kappa shape index (κ3) is 6.20. The third-order valence-electron chi connectivity index (χ3n) is 3.13. The van der Waals surface area contributed by atoms with Crippen molar-refractivity contribution in [2.75, 3.05) is 6.54 Å². The monoisotopic (exact) mass is 299 g/mol. The highest BCUT2D eigenvalue weighted by molar-refractivity contribution is 8.00. The van der Waals surface area contributed by atoms with Crippen molar-refractivity contribution in [2.45, 2.75) is 51.3 Å². The summed E-state index contributed by atoms with van der Waals surface area (Å²) < 4.78 is 0. The van der Waals surface area contributed by atoms with Gasteiger partial charge in [-0.3, -0.25) is 0 Å². The molecule has 0 aromatic heterocycles. The summed E-state index contributed by atoms with van der Waals surface area (Å²) in [6.45, 7) is 13.1. The summed E-state index contributed by atoms with van der Waals surface area (Å²) in [5, 5.41) is 4.90. The van der Waals surface area contributed by atoms with Gasteiger partial charge in [0.2, 0.25) is 0 Å². The van der Waals surface area contributed by atoms with Crippen molar-refractivity contribution in [2.24, 2.45) is 11.8 Å². The highest BCUT2D eigenvalue weighted by Crippen LogP contribution is 2.33. The summed E-state index contributed by atoms with van der Waals surface area (Å²) in [6.07, 6.45) is 0. The smallest absolute Gasteiger partial charge is 0.0545 e. The van der Waals surface area contributed by atoms with Crippen LogP contribution in [0.2, 0.25) is 5.02 Å². The Morgan fingerprint density at radius 2 is 1.84 bits per heavy atom. The van der Waals surface area contributed by atoms with E-state index in [9.17, 15) is 0 Å². The second-order valence-corrected chi connectivity index (χ2v) is 7.68. The van der Waals surface area contributed by atoms with Gasteiger partial charge in [0, 0.05) is 16.7 Å². The Kier molecular flexibility index (Phi) is 7.27. The zero-order valence-electron chi connectivity index (χ0n) is 12.7. The first kappa shape index (κ1) is 16.9. The Labute approximate surface area is 127 Å². The van der Waals surface area contributed by atoms with Crippen LogP contribution in [0.3, 0.4) is 0 Å². The first-order valence-electron chi connectivity index (χ1n) is 7.06. The van der Waals surface area contributed by atoms with Gasteiger partial charge in [-0.15, -0.1) is 11.8 Å². The summed E-state index contributed by atoms with van der Waals surface area (Å²) in [6, 6.07) is 6.41. The van der Waals surface area contributed by atoms with Crippen LogP contribution in [0.25, 0.3) is 0 Å². The van der Waals surface area contributed by atoms with Gasteiger partial charge in [0.05, 0.1) is 5.02 Å². The van der Waals surface area contributed by atoms with Crippen LogP contribution in [0.1, 0.15) is 40.2 Å². The highest BCUT2D eigenvalue weighted by Gasteiger charge is 2.11. The number of hydrogen-bond acceptors (Lipinski definition) is 2. The predicted molar refractivity (Wildman–Crippen MR) is 88.2 cm³/mol. The van der Waals surface area contributed by atoms with Crippen molar-refractivity contribution in [1.29, 1.82) is 0 Å². The molecule has 0 heterocycles. The first-order valence-corrected chi connectivity index (χ1v) is 8.31. The van der Waals surface area contributed by atoms with Gasteiger partial charge in [-0.25, -0.2) is 0 Å². The Morgan fingerprint density at radius 1 is 1.16 bits per heavy atom. The Hall–Kier alpha value is -0.180. The Bertz CT molecular complexity index is 390. The average molecular weight is 300 g/mol. The van der Waals surface area contributed by atoms with Gasteiger partial charge < -0.3 is 5.32 Å². The minimum Gasteiger partial charge on any atom is -0.312 e. The van der Waals surface area contributed by atoms with Crippen molar-refractivity contribution >= 4 is 23.4 Å². The number of benzene rings is 1.